The molecule has 1 amide bonds. The van der Waals surface area contributed by atoms with Crippen LogP contribution in [-0.4, -0.2) is 25.0 Å². The fourth-order valence-corrected chi connectivity index (χ4v) is 2.22. The number of carbonyl (C=O) groups is 1. The Morgan fingerprint density at radius 1 is 1.25 bits per heavy atom. The Morgan fingerprint density at radius 2 is 1.94 bits per heavy atom. The predicted molar refractivity (Wildman–Crippen MR) is 64.4 cm³/mol. The first-order valence-electron chi connectivity index (χ1n) is 5.71. The molecule has 1 aliphatic rings. The maximum atomic E-state index is 11.0. The lowest BCUT2D eigenvalue weighted by Gasteiger charge is -2.24. The van der Waals surface area contributed by atoms with E-state index in [4.69, 9.17) is 0 Å². The minimum atomic E-state index is 0.0941. The van der Waals surface area contributed by atoms with Gasteiger partial charge in [-0.25, -0.2) is 0 Å². The number of carbonyl (C=O) groups excluding carboxylic acids is 1. The number of benzene rings is 1. The quantitative estimate of drug-likeness (QED) is 0.775. The largest absolute Gasteiger partial charge is 0.353 e. The maximum Gasteiger partial charge on any atom is 0.234 e. The molecule has 1 unspecified atom stereocenters. The van der Waals surface area contributed by atoms with Gasteiger partial charge in [0.05, 0.1) is 6.54 Å². The highest BCUT2D eigenvalue weighted by Crippen LogP contribution is 2.11. The van der Waals surface area contributed by atoms with Crippen LogP contribution in [0.5, 0.6) is 0 Å². The summed E-state index contributed by atoms with van der Waals surface area (Å²) in [6.07, 6.45) is 0.975. The molecule has 1 aromatic carbocycles. The molecule has 0 saturated carbocycles. The topological polar surface area (TPSA) is 41.1 Å². The molecule has 1 fully saturated rings. The zero-order valence-corrected chi connectivity index (χ0v) is 9.84. The molecule has 1 saturated heterocycles. The van der Waals surface area contributed by atoms with E-state index in [-0.39, 0.29) is 5.91 Å². The summed E-state index contributed by atoms with van der Waals surface area (Å²) in [4.78, 5) is 11.0. The molecule has 0 aromatic heterocycles. The average molecular weight is 218 g/mol. The summed E-state index contributed by atoms with van der Waals surface area (Å²) in [5.41, 5.74) is 3.94. The minimum Gasteiger partial charge on any atom is -0.353 e. The van der Waals surface area contributed by atoms with E-state index in [0.717, 1.165) is 13.0 Å². The Balaban J connectivity index is 2.00. The van der Waals surface area contributed by atoms with E-state index in [1.807, 2.05) is 0 Å². The number of nitrogens with one attached hydrogen (secondary N) is 2. The van der Waals surface area contributed by atoms with E-state index in [2.05, 4.69) is 42.7 Å². The van der Waals surface area contributed by atoms with Gasteiger partial charge in [0.1, 0.15) is 0 Å². The fraction of sp³-hybridized carbons (Fsp3) is 0.462. The third-order valence-electron chi connectivity index (χ3n) is 2.86. The van der Waals surface area contributed by atoms with Crippen molar-refractivity contribution in [1.82, 2.24) is 10.6 Å². The second kappa shape index (κ2) is 4.66. The second-order valence-corrected chi connectivity index (χ2v) is 4.58. The summed E-state index contributed by atoms with van der Waals surface area (Å²) >= 11 is 0. The normalized spacial score (nSPS) is 20.6. The highest BCUT2D eigenvalue weighted by Gasteiger charge is 2.17. The highest BCUT2D eigenvalue weighted by atomic mass is 16.2. The van der Waals surface area contributed by atoms with Crippen LogP contribution in [0.3, 0.4) is 0 Å². The van der Waals surface area contributed by atoms with Crippen LogP contribution in [0.1, 0.15) is 16.7 Å². The Labute approximate surface area is 96.2 Å². The predicted octanol–water partition coefficient (Wildman–Crippen LogP) is 0.934. The highest BCUT2D eigenvalue weighted by molar-refractivity contribution is 5.78. The molecule has 0 radical (unpaired) electrons. The fourth-order valence-electron chi connectivity index (χ4n) is 2.22. The first-order valence-corrected chi connectivity index (χ1v) is 5.71. The lowest BCUT2D eigenvalue weighted by atomic mass is 10.0. The zero-order chi connectivity index (χ0) is 11.5. The SMILES string of the molecule is Cc1cc(C)cc(CC2CNC(=O)CN2)c1. The molecule has 86 valence electrons. The molecule has 2 N–H and O–H groups in total. The zero-order valence-electron chi connectivity index (χ0n) is 9.84. The van der Waals surface area contributed by atoms with Gasteiger partial charge in [0.15, 0.2) is 0 Å². The number of piperazine rings is 1. The van der Waals surface area contributed by atoms with Crippen molar-refractivity contribution in [3.05, 3.63) is 34.9 Å². The Bertz CT molecular complexity index is 371. The van der Waals surface area contributed by atoms with Crippen molar-refractivity contribution in [2.75, 3.05) is 13.1 Å². The molecule has 1 aliphatic heterocycles. The number of hydrogen-bond acceptors (Lipinski definition) is 2. The van der Waals surface area contributed by atoms with Crippen molar-refractivity contribution in [2.45, 2.75) is 26.3 Å². The first-order chi connectivity index (χ1) is 7.63. The molecule has 0 aliphatic carbocycles. The van der Waals surface area contributed by atoms with Crippen molar-refractivity contribution < 1.29 is 4.79 Å². The number of amides is 1. The van der Waals surface area contributed by atoms with Crippen molar-refractivity contribution in [3.63, 3.8) is 0 Å². The Kier molecular flexibility index (Phi) is 3.25. The first kappa shape index (κ1) is 11.1. The van der Waals surface area contributed by atoms with E-state index in [1.54, 1.807) is 0 Å². The average Bonchev–Trinajstić information content (AvgIpc) is 2.20. The molecule has 1 aromatic rings. The van der Waals surface area contributed by atoms with Gasteiger partial charge in [0, 0.05) is 12.6 Å². The summed E-state index contributed by atoms with van der Waals surface area (Å²) in [7, 11) is 0. The standard InChI is InChI=1S/C13H18N2O/c1-9-3-10(2)5-11(4-9)6-12-7-15-13(16)8-14-12/h3-5,12,14H,6-8H2,1-2H3,(H,15,16). The molecule has 16 heavy (non-hydrogen) atoms. The van der Waals surface area contributed by atoms with E-state index >= 15 is 0 Å². The van der Waals surface area contributed by atoms with E-state index in [9.17, 15) is 4.79 Å². The smallest absolute Gasteiger partial charge is 0.234 e. The summed E-state index contributed by atoms with van der Waals surface area (Å²) in [5, 5.41) is 6.12. The summed E-state index contributed by atoms with van der Waals surface area (Å²) in [5.74, 6) is 0.0941. The van der Waals surface area contributed by atoms with Crippen molar-refractivity contribution in [1.29, 1.82) is 0 Å². The summed E-state index contributed by atoms with van der Waals surface area (Å²) in [6, 6.07) is 6.97. The van der Waals surface area contributed by atoms with Crippen LogP contribution in [0.4, 0.5) is 0 Å². The molecule has 2 rings (SSSR count). The second-order valence-electron chi connectivity index (χ2n) is 4.58. The van der Waals surface area contributed by atoms with E-state index in [1.165, 1.54) is 16.7 Å². The lowest BCUT2D eigenvalue weighted by Crippen LogP contribution is -2.52. The van der Waals surface area contributed by atoms with E-state index < -0.39 is 0 Å². The third kappa shape index (κ3) is 2.83. The molecule has 1 atom stereocenters. The van der Waals surface area contributed by atoms with Gasteiger partial charge in [0.2, 0.25) is 5.91 Å². The molecular weight excluding hydrogens is 200 g/mol. The number of hydrogen-bond donors (Lipinski definition) is 2. The van der Waals surface area contributed by atoms with Gasteiger partial charge < -0.3 is 10.6 Å². The van der Waals surface area contributed by atoms with Crippen LogP contribution in [0, 0.1) is 13.8 Å². The van der Waals surface area contributed by atoms with Crippen LogP contribution in [0.25, 0.3) is 0 Å². The molecule has 3 nitrogen and oxygen atoms in total. The van der Waals surface area contributed by atoms with Gasteiger partial charge in [0.25, 0.3) is 0 Å². The maximum absolute atomic E-state index is 11.0. The van der Waals surface area contributed by atoms with Gasteiger partial charge in [-0.3, -0.25) is 4.79 Å². The minimum absolute atomic E-state index is 0.0941. The Hall–Kier alpha value is -1.35. The monoisotopic (exact) mass is 218 g/mol. The molecular formula is C13H18N2O. The summed E-state index contributed by atoms with van der Waals surface area (Å²) < 4.78 is 0. The molecule has 1 heterocycles. The van der Waals surface area contributed by atoms with Crippen molar-refractivity contribution >= 4 is 5.91 Å². The molecule has 0 bridgehead atoms. The van der Waals surface area contributed by atoms with Crippen LogP contribution in [-0.2, 0) is 11.2 Å². The van der Waals surface area contributed by atoms with Gasteiger partial charge in [-0.05, 0) is 25.8 Å². The molecule has 3 heteroatoms. The van der Waals surface area contributed by atoms with Gasteiger partial charge in [-0.15, -0.1) is 0 Å². The van der Waals surface area contributed by atoms with Crippen molar-refractivity contribution in [2.24, 2.45) is 0 Å². The third-order valence-corrected chi connectivity index (χ3v) is 2.86. The van der Waals surface area contributed by atoms with Crippen LogP contribution < -0.4 is 10.6 Å². The van der Waals surface area contributed by atoms with Crippen LogP contribution in [0.2, 0.25) is 0 Å². The number of rotatable bonds is 2. The Morgan fingerprint density at radius 3 is 2.50 bits per heavy atom. The number of aryl methyl sites for hydroxylation is 2. The van der Waals surface area contributed by atoms with Crippen LogP contribution >= 0.6 is 0 Å². The lowest BCUT2D eigenvalue weighted by molar-refractivity contribution is -0.121. The van der Waals surface area contributed by atoms with Gasteiger partial charge in [-0.1, -0.05) is 29.3 Å². The van der Waals surface area contributed by atoms with Crippen molar-refractivity contribution in [3.8, 4) is 0 Å². The van der Waals surface area contributed by atoms with Crippen LogP contribution in [0.15, 0.2) is 18.2 Å². The molecule has 0 spiro atoms. The summed E-state index contributed by atoms with van der Waals surface area (Å²) in [6.45, 7) is 5.40. The van der Waals surface area contributed by atoms with Gasteiger partial charge >= 0.3 is 0 Å². The van der Waals surface area contributed by atoms with Gasteiger partial charge in [-0.2, -0.15) is 0 Å². The van der Waals surface area contributed by atoms with E-state index in [0.29, 0.717) is 12.6 Å².